The van der Waals surface area contributed by atoms with Crippen LogP contribution in [0.3, 0.4) is 0 Å². The van der Waals surface area contributed by atoms with Crippen LogP contribution in [0.1, 0.15) is 38.5 Å². The Bertz CT molecular complexity index is 327. The molecule has 0 bridgehead atoms. The van der Waals surface area contributed by atoms with Crippen LogP contribution in [0.2, 0.25) is 0 Å². The first-order chi connectivity index (χ1) is 9.26. The van der Waals surface area contributed by atoms with Gasteiger partial charge in [-0.1, -0.05) is 12.8 Å². The fourth-order valence-corrected chi connectivity index (χ4v) is 4.23. The van der Waals surface area contributed by atoms with Crippen LogP contribution in [0, 0.1) is 17.8 Å². The number of methoxy groups -OCH3 is 1. The Labute approximate surface area is 115 Å². The molecule has 108 valence electrons. The quantitative estimate of drug-likeness (QED) is 0.789. The third-order valence-electron chi connectivity index (χ3n) is 5.31. The molecule has 3 fully saturated rings. The molecular weight excluding hydrogens is 240 g/mol. The SMILES string of the molecule is COCC1(CNC(=O)C2C3CCCCC32)CCCN1. The van der Waals surface area contributed by atoms with Gasteiger partial charge in [0.2, 0.25) is 5.91 Å². The van der Waals surface area contributed by atoms with Crippen molar-refractivity contribution in [3.05, 3.63) is 0 Å². The van der Waals surface area contributed by atoms with Gasteiger partial charge in [-0.05, 0) is 44.1 Å². The normalized spacial score (nSPS) is 40.8. The van der Waals surface area contributed by atoms with E-state index >= 15 is 0 Å². The summed E-state index contributed by atoms with van der Waals surface area (Å²) in [4.78, 5) is 12.3. The van der Waals surface area contributed by atoms with E-state index in [1.54, 1.807) is 7.11 Å². The molecular formula is C15H26N2O2. The molecule has 1 amide bonds. The van der Waals surface area contributed by atoms with Crippen LogP contribution < -0.4 is 10.6 Å². The number of ether oxygens (including phenoxy) is 1. The first kappa shape index (κ1) is 13.4. The Morgan fingerprint density at radius 2 is 2.05 bits per heavy atom. The number of fused-ring (bicyclic) bond motifs is 1. The lowest BCUT2D eigenvalue weighted by Gasteiger charge is -2.29. The molecule has 1 aliphatic heterocycles. The topological polar surface area (TPSA) is 50.4 Å². The maximum absolute atomic E-state index is 12.3. The Morgan fingerprint density at radius 1 is 1.32 bits per heavy atom. The smallest absolute Gasteiger partial charge is 0.223 e. The number of hydrogen-bond donors (Lipinski definition) is 2. The predicted molar refractivity (Wildman–Crippen MR) is 73.8 cm³/mol. The first-order valence-electron chi connectivity index (χ1n) is 7.77. The zero-order valence-corrected chi connectivity index (χ0v) is 11.9. The third-order valence-corrected chi connectivity index (χ3v) is 5.31. The van der Waals surface area contributed by atoms with E-state index < -0.39 is 0 Å². The fraction of sp³-hybridized carbons (Fsp3) is 0.933. The largest absolute Gasteiger partial charge is 0.383 e. The lowest BCUT2D eigenvalue weighted by molar-refractivity contribution is -0.123. The number of carbonyl (C=O) groups excluding carboxylic acids is 1. The summed E-state index contributed by atoms with van der Waals surface area (Å²) in [5, 5.41) is 6.70. The number of rotatable bonds is 5. The highest BCUT2D eigenvalue weighted by Gasteiger charge is 2.54. The van der Waals surface area contributed by atoms with Crippen molar-refractivity contribution in [2.45, 2.75) is 44.1 Å². The average molecular weight is 266 g/mol. The Balaban J connectivity index is 1.50. The van der Waals surface area contributed by atoms with E-state index in [-0.39, 0.29) is 5.54 Å². The zero-order chi connectivity index (χ0) is 13.3. The second-order valence-corrected chi connectivity index (χ2v) is 6.60. The van der Waals surface area contributed by atoms with Gasteiger partial charge in [0, 0.05) is 19.6 Å². The average Bonchev–Trinajstić information content (AvgIpc) is 2.99. The molecule has 4 heteroatoms. The summed E-state index contributed by atoms with van der Waals surface area (Å²) in [5.41, 5.74) is -0.0233. The molecule has 19 heavy (non-hydrogen) atoms. The van der Waals surface area contributed by atoms with Gasteiger partial charge in [-0.15, -0.1) is 0 Å². The number of nitrogens with one attached hydrogen (secondary N) is 2. The molecule has 0 aromatic carbocycles. The summed E-state index contributed by atoms with van der Waals surface area (Å²) in [6, 6.07) is 0. The molecule has 2 saturated carbocycles. The Kier molecular flexibility index (Phi) is 3.81. The lowest BCUT2D eigenvalue weighted by Crippen LogP contribution is -2.53. The molecule has 2 N–H and O–H groups in total. The van der Waals surface area contributed by atoms with Gasteiger partial charge in [0.25, 0.3) is 0 Å². The summed E-state index contributed by atoms with van der Waals surface area (Å²) in [5.74, 6) is 2.01. The van der Waals surface area contributed by atoms with Crippen molar-refractivity contribution in [1.82, 2.24) is 10.6 Å². The van der Waals surface area contributed by atoms with Crippen molar-refractivity contribution in [2.24, 2.45) is 17.8 Å². The van der Waals surface area contributed by atoms with Crippen LogP contribution in [0.4, 0.5) is 0 Å². The number of hydrogen-bond acceptors (Lipinski definition) is 3. The van der Waals surface area contributed by atoms with Crippen LogP contribution in [0.15, 0.2) is 0 Å². The van der Waals surface area contributed by atoms with E-state index in [4.69, 9.17) is 4.74 Å². The minimum absolute atomic E-state index is 0.0233. The summed E-state index contributed by atoms with van der Waals surface area (Å²) in [6.45, 7) is 2.44. The van der Waals surface area contributed by atoms with Gasteiger partial charge in [-0.3, -0.25) is 4.79 Å². The van der Waals surface area contributed by atoms with E-state index in [1.165, 1.54) is 32.1 Å². The van der Waals surface area contributed by atoms with E-state index in [0.29, 0.717) is 30.3 Å². The standard InChI is InChI=1S/C15H26N2O2/c1-19-10-15(7-4-8-17-15)9-16-14(18)13-11-5-2-3-6-12(11)13/h11-13,17H,2-10H2,1H3,(H,16,18). The molecule has 0 aromatic rings. The number of carbonyl (C=O) groups is 1. The molecule has 0 radical (unpaired) electrons. The second-order valence-electron chi connectivity index (χ2n) is 6.60. The van der Waals surface area contributed by atoms with Crippen molar-refractivity contribution in [2.75, 3.05) is 26.8 Å². The van der Waals surface area contributed by atoms with E-state index in [9.17, 15) is 4.79 Å². The first-order valence-corrected chi connectivity index (χ1v) is 7.77. The summed E-state index contributed by atoms with van der Waals surface area (Å²) >= 11 is 0. The maximum Gasteiger partial charge on any atom is 0.223 e. The summed E-state index contributed by atoms with van der Waals surface area (Å²) in [6.07, 6.45) is 7.45. The molecule has 3 aliphatic rings. The molecule has 4 nitrogen and oxygen atoms in total. The van der Waals surface area contributed by atoms with Crippen LogP contribution in [0.25, 0.3) is 0 Å². The fourth-order valence-electron chi connectivity index (χ4n) is 4.23. The molecule has 1 saturated heterocycles. The van der Waals surface area contributed by atoms with Gasteiger partial charge in [0.1, 0.15) is 0 Å². The van der Waals surface area contributed by atoms with E-state index in [2.05, 4.69) is 10.6 Å². The molecule has 3 rings (SSSR count). The highest BCUT2D eigenvalue weighted by Crippen LogP contribution is 2.55. The predicted octanol–water partition coefficient (Wildman–Crippen LogP) is 1.31. The van der Waals surface area contributed by atoms with E-state index in [0.717, 1.165) is 19.5 Å². The van der Waals surface area contributed by atoms with Crippen LogP contribution >= 0.6 is 0 Å². The highest BCUT2D eigenvalue weighted by molar-refractivity contribution is 5.82. The lowest BCUT2D eigenvalue weighted by atomic mass is 9.98. The van der Waals surface area contributed by atoms with Crippen molar-refractivity contribution in [1.29, 1.82) is 0 Å². The van der Waals surface area contributed by atoms with Crippen molar-refractivity contribution in [3.63, 3.8) is 0 Å². The minimum atomic E-state index is -0.0233. The van der Waals surface area contributed by atoms with Gasteiger partial charge in [0.15, 0.2) is 0 Å². The van der Waals surface area contributed by atoms with Crippen LogP contribution in [-0.2, 0) is 9.53 Å². The van der Waals surface area contributed by atoms with Gasteiger partial charge in [-0.2, -0.15) is 0 Å². The molecule has 0 aromatic heterocycles. The van der Waals surface area contributed by atoms with Gasteiger partial charge in [-0.25, -0.2) is 0 Å². The molecule has 3 unspecified atom stereocenters. The van der Waals surface area contributed by atoms with Crippen molar-refractivity contribution in [3.8, 4) is 0 Å². The number of amides is 1. The summed E-state index contributed by atoms with van der Waals surface area (Å²) in [7, 11) is 1.74. The molecule has 2 aliphatic carbocycles. The molecule has 0 spiro atoms. The van der Waals surface area contributed by atoms with Crippen LogP contribution in [-0.4, -0.2) is 38.3 Å². The van der Waals surface area contributed by atoms with Crippen LogP contribution in [0.5, 0.6) is 0 Å². The minimum Gasteiger partial charge on any atom is -0.383 e. The zero-order valence-electron chi connectivity index (χ0n) is 11.9. The summed E-state index contributed by atoms with van der Waals surface area (Å²) < 4.78 is 5.32. The van der Waals surface area contributed by atoms with E-state index in [1.807, 2.05) is 0 Å². The monoisotopic (exact) mass is 266 g/mol. The third kappa shape index (κ3) is 2.65. The van der Waals surface area contributed by atoms with Gasteiger partial charge < -0.3 is 15.4 Å². The Morgan fingerprint density at radius 3 is 2.63 bits per heavy atom. The molecule has 1 heterocycles. The van der Waals surface area contributed by atoms with Crippen molar-refractivity contribution >= 4 is 5.91 Å². The molecule has 3 atom stereocenters. The second kappa shape index (κ2) is 5.41. The Hall–Kier alpha value is -0.610. The van der Waals surface area contributed by atoms with Crippen molar-refractivity contribution < 1.29 is 9.53 Å². The highest BCUT2D eigenvalue weighted by atomic mass is 16.5. The van der Waals surface area contributed by atoms with Gasteiger partial charge in [0.05, 0.1) is 12.1 Å². The maximum atomic E-state index is 12.3. The van der Waals surface area contributed by atoms with Gasteiger partial charge >= 0.3 is 0 Å².